The van der Waals surface area contributed by atoms with Gasteiger partial charge in [0.1, 0.15) is 5.75 Å². The van der Waals surface area contributed by atoms with Crippen molar-refractivity contribution >= 4 is 5.91 Å². The quantitative estimate of drug-likeness (QED) is 0.948. The third-order valence-corrected chi connectivity index (χ3v) is 4.21. The van der Waals surface area contributed by atoms with E-state index in [0.29, 0.717) is 18.7 Å². The van der Waals surface area contributed by atoms with Crippen molar-refractivity contribution in [2.45, 2.75) is 25.5 Å². The molecule has 2 aromatic rings. The van der Waals surface area contributed by atoms with Gasteiger partial charge in [-0.3, -0.25) is 4.79 Å². The first-order valence-corrected chi connectivity index (χ1v) is 7.88. The molecule has 0 unspecified atom stereocenters. The number of phenols is 1. The number of ether oxygens (including phenoxy) is 1. The normalized spacial score (nSPS) is 21.2. The van der Waals surface area contributed by atoms with Crippen molar-refractivity contribution in [3.05, 3.63) is 65.7 Å². The Morgan fingerprint density at radius 1 is 1.17 bits per heavy atom. The molecule has 1 fully saturated rings. The molecule has 0 saturated carbocycles. The van der Waals surface area contributed by atoms with Crippen LogP contribution in [0.25, 0.3) is 0 Å². The van der Waals surface area contributed by atoms with Crippen LogP contribution in [0.4, 0.5) is 0 Å². The standard InChI is InChI=1S/C19H21NO3/c1-14-12-20(17(13-23-14)15-7-3-2-4-8-15)19(22)11-16-9-5-6-10-18(16)21/h2-10,14,17,21H,11-13H2,1H3/t14-,17+/m0/s1. The van der Waals surface area contributed by atoms with Crippen LogP contribution in [0.1, 0.15) is 24.1 Å². The predicted molar refractivity (Wildman–Crippen MR) is 88.1 cm³/mol. The summed E-state index contributed by atoms with van der Waals surface area (Å²) in [5.41, 5.74) is 1.73. The van der Waals surface area contributed by atoms with Crippen molar-refractivity contribution in [3.63, 3.8) is 0 Å². The van der Waals surface area contributed by atoms with Crippen molar-refractivity contribution < 1.29 is 14.6 Å². The highest BCUT2D eigenvalue weighted by Gasteiger charge is 2.31. The monoisotopic (exact) mass is 311 g/mol. The summed E-state index contributed by atoms with van der Waals surface area (Å²) < 4.78 is 5.76. The number of amides is 1. The van der Waals surface area contributed by atoms with Crippen LogP contribution in [-0.4, -0.2) is 35.2 Å². The zero-order valence-corrected chi connectivity index (χ0v) is 13.2. The number of benzene rings is 2. The molecule has 0 aromatic heterocycles. The van der Waals surface area contributed by atoms with Gasteiger partial charge >= 0.3 is 0 Å². The first-order valence-electron chi connectivity index (χ1n) is 7.88. The molecule has 0 radical (unpaired) electrons. The van der Waals surface area contributed by atoms with Gasteiger partial charge in [0, 0.05) is 12.1 Å². The zero-order valence-electron chi connectivity index (χ0n) is 13.2. The number of nitrogens with zero attached hydrogens (tertiary/aromatic N) is 1. The van der Waals surface area contributed by atoms with E-state index < -0.39 is 0 Å². The van der Waals surface area contributed by atoms with E-state index in [1.165, 1.54) is 0 Å². The Morgan fingerprint density at radius 2 is 1.87 bits per heavy atom. The molecule has 2 atom stereocenters. The molecule has 1 N–H and O–H groups in total. The van der Waals surface area contributed by atoms with Crippen molar-refractivity contribution in [3.8, 4) is 5.75 Å². The van der Waals surface area contributed by atoms with Crippen molar-refractivity contribution in [2.75, 3.05) is 13.2 Å². The summed E-state index contributed by atoms with van der Waals surface area (Å²) >= 11 is 0. The largest absolute Gasteiger partial charge is 0.508 e. The minimum absolute atomic E-state index is 0.00973. The smallest absolute Gasteiger partial charge is 0.227 e. The lowest BCUT2D eigenvalue weighted by Gasteiger charge is -2.39. The number of rotatable bonds is 3. The van der Waals surface area contributed by atoms with Crippen molar-refractivity contribution in [1.29, 1.82) is 0 Å². The molecule has 4 heteroatoms. The van der Waals surface area contributed by atoms with Gasteiger partial charge in [0.15, 0.2) is 0 Å². The van der Waals surface area contributed by atoms with E-state index in [1.807, 2.05) is 48.2 Å². The Balaban J connectivity index is 1.82. The Morgan fingerprint density at radius 3 is 2.61 bits per heavy atom. The van der Waals surface area contributed by atoms with Gasteiger partial charge in [-0.15, -0.1) is 0 Å². The van der Waals surface area contributed by atoms with E-state index in [9.17, 15) is 9.90 Å². The Kier molecular flexibility index (Phi) is 4.63. The maximum Gasteiger partial charge on any atom is 0.227 e. The molecule has 1 amide bonds. The number of morpholine rings is 1. The predicted octanol–water partition coefficient (Wildman–Crippen LogP) is 2.92. The van der Waals surface area contributed by atoms with E-state index in [-0.39, 0.29) is 30.2 Å². The van der Waals surface area contributed by atoms with Crippen molar-refractivity contribution in [1.82, 2.24) is 4.90 Å². The number of hydrogen-bond acceptors (Lipinski definition) is 3. The average Bonchev–Trinajstić information content (AvgIpc) is 2.57. The maximum absolute atomic E-state index is 12.8. The van der Waals surface area contributed by atoms with Crippen LogP contribution in [0.2, 0.25) is 0 Å². The zero-order chi connectivity index (χ0) is 16.2. The summed E-state index contributed by atoms with van der Waals surface area (Å²) in [5, 5.41) is 9.90. The molecule has 1 aliphatic rings. The molecule has 4 nitrogen and oxygen atoms in total. The van der Waals surface area contributed by atoms with Gasteiger partial charge in [-0.2, -0.15) is 0 Å². The van der Waals surface area contributed by atoms with Crippen LogP contribution in [0.3, 0.4) is 0 Å². The number of aromatic hydroxyl groups is 1. The lowest BCUT2D eigenvalue weighted by molar-refractivity contribution is -0.144. The minimum Gasteiger partial charge on any atom is -0.508 e. The second-order valence-electron chi connectivity index (χ2n) is 5.92. The molecule has 0 aliphatic carbocycles. The first-order chi connectivity index (χ1) is 11.1. The summed E-state index contributed by atoms with van der Waals surface area (Å²) in [4.78, 5) is 14.7. The molecular formula is C19H21NO3. The third kappa shape index (κ3) is 3.54. The van der Waals surface area contributed by atoms with Gasteiger partial charge in [-0.1, -0.05) is 48.5 Å². The van der Waals surface area contributed by atoms with Gasteiger partial charge in [0.25, 0.3) is 0 Å². The molecule has 2 aromatic carbocycles. The summed E-state index contributed by atoms with van der Waals surface area (Å²) in [5.74, 6) is 0.175. The van der Waals surface area contributed by atoms with Crippen molar-refractivity contribution in [2.24, 2.45) is 0 Å². The number of phenolic OH excluding ortho intramolecular Hbond substituents is 1. The molecule has 23 heavy (non-hydrogen) atoms. The van der Waals surface area contributed by atoms with Gasteiger partial charge in [-0.05, 0) is 18.6 Å². The topological polar surface area (TPSA) is 49.8 Å². The van der Waals surface area contributed by atoms with Gasteiger partial charge in [0.05, 0.1) is 25.2 Å². The van der Waals surface area contributed by atoms with Crippen LogP contribution in [0.15, 0.2) is 54.6 Å². The molecular weight excluding hydrogens is 290 g/mol. The van der Waals surface area contributed by atoms with Crippen LogP contribution in [-0.2, 0) is 16.0 Å². The second kappa shape index (κ2) is 6.84. The summed E-state index contributed by atoms with van der Waals surface area (Å²) in [6.45, 7) is 3.03. The second-order valence-corrected chi connectivity index (χ2v) is 5.92. The number of carbonyl (C=O) groups is 1. The molecule has 1 saturated heterocycles. The number of para-hydroxylation sites is 1. The van der Waals surface area contributed by atoms with E-state index in [4.69, 9.17) is 4.74 Å². The lowest BCUT2D eigenvalue weighted by Crippen LogP contribution is -2.47. The summed E-state index contributed by atoms with van der Waals surface area (Å²) in [6, 6.07) is 16.8. The van der Waals surface area contributed by atoms with Gasteiger partial charge < -0.3 is 14.7 Å². The average molecular weight is 311 g/mol. The highest BCUT2D eigenvalue weighted by Crippen LogP contribution is 2.27. The third-order valence-electron chi connectivity index (χ3n) is 4.21. The maximum atomic E-state index is 12.8. The fraction of sp³-hybridized carbons (Fsp3) is 0.316. The molecule has 0 spiro atoms. The van der Waals surface area contributed by atoms with E-state index in [1.54, 1.807) is 18.2 Å². The molecule has 1 heterocycles. The Bertz CT molecular complexity index is 671. The lowest BCUT2D eigenvalue weighted by atomic mass is 10.0. The fourth-order valence-corrected chi connectivity index (χ4v) is 2.95. The van der Waals surface area contributed by atoms with Gasteiger partial charge in [-0.25, -0.2) is 0 Å². The Labute approximate surface area is 136 Å². The van der Waals surface area contributed by atoms with E-state index in [2.05, 4.69) is 0 Å². The molecule has 1 aliphatic heterocycles. The van der Waals surface area contributed by atoms with Crippen LogP contribution in [0.5, 0.6) is 5.75 Å². The van der Waals surface area contributed by atoms with Crippen LogP contribution >= 0.6 is 0 Å². The number of carbonyl (C=O) groups excluding carboxylic acids is 1. The van der Waals surface area contributed by atoms with E-state index in [0.717, 1.165) is 5.56 Å². The number of hydrogen-bond donors (Lipinski definition) is 1. The SMILES string of the molecule is C[C@H]1CN(C(=O)Cc2ccccc2O)[C@@H](c2ccccc2)CO1. The summed E-state index contributed by atoms with van der Waals surface area (Å²) in [7, 11) is 0. The van der Waals surface area contributed by atoms with Gasteiger partial charge in [0.2, 0.25) is 5.91 Å². The van der Waals surface area contributed by atoms with Crippen LogP contribution < -0.4 is 0 Å². The molecule has 120 valence electrons. The summed E-state index contributed by atoms with van der Waals surface area (Å²) in [6.07, 6.45) is 0.214. The Hall–Kier alpha value is -2.33. The highest BCUT2D eigenvalue weighted by atomic mass is 16.5. The molecule has 3 rings (SSSR count). The highest BCUT2D eigenvalue weighted by molar-refractivity contribution is 5.80. The minimum atomic E-state index is -0.0780. The molecule has 0 bridgehead atoms. The van der Waals surface area contributed by atoms with Crippen LogP contribution in [0, 0.1) is 0 Å². The first kappa shape index (κ1) is 15.6. The fourth-order valence-electron chi connectivity index (χ4n) is 2.95. The van der Waals surface area contributed by atoms with E-state index >= 15 is 0 Å².